The lowest BCUT2D eigenvalue weighted by Crippen LogP contribution is -2.60. The Kier molecular flexibility index (Phi) is 5.44. The molecule has 1 unspecified atom stereocenters. The fourth-order valence-electron chi connectivity index (χ4n) is 3.96. The van der Waals surface area contributed by atoms with Crippen LogP contribution in [0.2, 0.25) is 0 Å². The van der Waals surface area contributed by atoms with Gasteiger partial charge in [-0.25, -0.2) is 0 Å². The molecule has 0 amide bonds. The van der Waals surface area contributed by atoms with Crippen LogP contribution in [-0.4, -0.2) is 47.4 Å². The molecule has 1 saturated carbocycles. The van der Waals surface area contributed by atoms with Gasteiger partial charge < -0.3 is 10.2 Å². The average molecular weight is 292 g/mol. The summed E-state index contributed by atoms with van der Waals surface area (Å²) < 4.78 is 1.90. The van der Waals surface area contributed by atoms with Crippen LogP contribution in [0.1, 0.15) is 44.6 Å². The highest BCUT2D eigenvalue weighted by Crippen LogP contribution is 2.38. The molecule has 0 bridgehead atoms. The zero-order valence-corrected chi connectivity index (χ0v) is 14.4. The lowest BCUT2D eigenvalue weighted by atomic mass is 9.71. The minimum Gasteiger partial charge on any atom is -0.315 e. The van der Waals surface area contributed by atoms with Crippen molar-refractivity contribution in [3.05, 3.63) is 18.0 Å². The van der Waals surface area contributed by atoms with Crippen molar-refractivity contribution in [1.82, 2.24) is 20.0 Å². The summed E-state index contributed by atoms with van der Waals surface area (Å²) in [6, 6.07) is 0.542. The van der Waals surface area contributed by atoms with Crippen LogP contribution in [0.3, 0.4) is 0 Å². The lowest BCUT2D eigenvalue weighted by Gasteiger charge is -2.50. The molecule has 1 aromatic rings. The number of aromatic nitrogens is 2. The predicted octanol–water partition coefficient (Wildman–Crippen LogP) is 2.45. The molecule has 1 aliphatic carbocycles. The van der Waals surface area contributed by atoms with Gasteiger partial charge in [-0.3, -0.25) is 4.68 Å². The van der Waals surface area contributed by atoms with Gasteiger partial charge in [0.1, 0.15) is 0 Å². The van der Waals surface area contributed by atoms with Crippen LogP contribution < -0.4 is 5.32 Å². The Bertz CT molecular complexity index is 430. The smallest absolute Gasteiger partial charge is 0.0521 e. The van der Waals surface area contributed by atoms with Gasteiger partial charge in [-0.1, -0.05) is 6.92 Å². The normalized spacial score (nSPS) is 28.0. The maximum Gasteiger partial charge on any atom is 0.0521 e. The third-order valence-electron chi connectivity index (χ3n) is 5.51. The molecule has 0 aromatic carbocycles. The Morgan fingerprint density at radius 2 is 2.10 bits per heavy atom. The monoisotopic (exact) mass is 292 g/mol. The molecule has 1 N–H and O–H groups in total. The SMILES string of the molecule is CNC(CCc1cnn(C)c1)C1(N(C)C)CCC(C)CC1. The van der Waals surface area contributed by atoms with Gasteiger partial charge in [0.25, 0.3) is 0 Å². The number of hydrogen-bond donors (Lipinski definition) is 1. The first kappa shape index (κ1) is 16.5. The van der Waals surface area contributed by atoms with Gasteiger partial charge in [0, 0.05) is 24.8 Å². The molecule has 0 saturated heterocycles. The van der Waals surface area contributed by atoms with Crippen molar-refractivity contribution in [2.24, 2.45) is 13.0 Å². The Labute approximate surface area is 129 Å². The summed E-state index contributed by atoms with van der Waals surface area (Å²) in [6.45, 7) is 2.39. The number of likely N-dealkylation sites (N-methyl/N-ethyl adjacent to an activating group) is 2. The van der Waals surface area contributed by atoms with Crippen LogP contribution in [0.15, 0.2) is 12.4 Å². The minimum absolute atomic E-state index is 0.309. The van der Waals surface area contributed by atoms with E-state index in [1.165, 1.54) is 37.7 Å². The first-order valence-corrected chi connectivity index (χ1v) is 8.30. The largest absolute Gasteiger partial charge is 0.315 e. The molecule has 1 atom stereocenters. The van der Waals surface area contributed by atoms with Crippen LogP contribution in [-0.2, 0) is 13.5 Å². The molecule has 4 heteroatoms. The van der Waals surface area contributed by atoms with Crippen molar-refractivity contribution >= 4 is 0 Å². The van der Waals surface area contributed by atoms with Crippen molar-refractivity contribution in [2.75, 3.05) is 21.1 Å². The molecule has 1 fully saturated rings. The summed E-state index contributed by atoms with van der Waals surface area (Å²) in [5, 5.41) is 7.90. The molecule has 0 spiro atoms. The second-order valence-corrected chi connectivity index (χ2v) is 7.08. The topological polar surface area (TPSA) is 33.1 Å². The van der Waals surface area contributed by atoms with Gasteiger partial charge in [0.05, 0.1) is 6.20 Å². The number of rotatable bonds is 6. The lowest BCUT2D eigenvalue weighted by molar-refractivity contribution is 0.0431. The van der Waals surface area contributed by atoms with Gasteiger partial charge in [0.2, 0.25) is 0 Å². The Morgan fingerprint density at radius 3 is 2.57 bits per heavy atom. The van der Waals surface area contributed by atoms with Gasteiger partial charge in [-0.05, 0) is 71.1 Å². The zero-order chi connectivity index (χ0) is 15.5. The fraction of sp³-hybridized carbons (Fsp3) is 0.824. The van der Waals surface area contributed by atoms with E-state index in [1.807, 2.05) is 17.9 Å². The second-order valence-electron chi connectivity index (χ2n) is 7.08. The van der Waals surface area contributed by atoms with Crippen molar-refractivity contribution in [3.63, 3.8) is 0 Å². The van der Waals surface area contributed by atoms with E-state index in [-0.39, 0.29) is 0 Å². The summed E-state index contributed by atoms with van der Waals surface area (Å²) in [7, 11) is 8.62. The van der Waals surface area contributed by atoms with Crippen LogP contribution >= 0.6 is 0 Å². The van der Waals surface area contributed by atoms with E-state index >= 15 is 0 Å². The molecule has 120 valence electrons. The van der Waals surface area contributed by atoms with Crippen molar-refractivity contribution in [1.29, 1.82) is 0 Å². The number of nitrogens with one attached hydrogen (secondary N) is 1. The highest BCUT2D eigenvalue weighted by Gasteiger charge is 2.42. The molecular weight excluding hydrogens is 260 g/mol. The number of aryl methyl sites for hydroxylation is 2. The Balaban J connectivity index is 2.05. The molecule has 4 nitrogen and oxygen atoms in total. The van der Waals surface area contributed by atoms with Crippen LogP contribution in [0.25, 0.3) is 0 Å². The summed E-state index contributed by atoms with van der Waals surface area (Å²) in [5.41, 5.74) is 1.65. The predicted molar refractivity (Wildman–Crippen MR) is 88.4 cm³/mol. The van der Waals surface area contributed by atoms with Crippen LogP contribution in [0.5, 0.6) is 0 Å². The van der Waals surface area contributed by atoms with E-state index in [1.54, 1.807) is 0 Å². The van der Waals surface area contributed by atoms with Crippen molar-refractivity contribution in [2.45, 2.75) is 57.0 Å². The van der Waals surface area contributed by atoms with Gasteiger partial charge in [-0.2, -0.15) is 5.10 Å². The van der Waals surface area contributed by atoms with E-state index in [0.29, 0.717) is 11.6 Å². The van der Waals surface area contributed by atoms with Crippen LogP contribution in [0, 0.1) is 5.92 Å². The molecule has 2 rings (SSSR count). The number of nitrogens with zero attached hydrogens (tertiary/aromatic N) is 3. The van der Waals surface area contributed by atoms with E-state index < -0.39 is 0 Å². The summed E-state index contributed by atoms with van der Waals surface area (Å²) in [4.78, 5) is 2.48. The summed E-state index contributed by atoms with van der Waals surface area (Å²) >= 11 is 0. The quantitative estimate of drug-likeness (QED) is 0.874. The Hall–Kier alpha value is -0.870. The van der Waals surface area contributed by atoms with Gasteiger partial charge in [-0.15, -0.1) is 0 Å². The van der Waals surface area contributed by atoms with Crippen molar-refractivity contribution < 1.29 is 0 Å². The Morgan fingerprint density at radius 1 is 1.43 bits per heavy atom. The van der Waals surface area contributed by atoms with Crippen LogP contribution in [0.4, 0.5) is 0 Å². The third kappa shape index (κ3) is 3.67. The maximum absolute atomic E-state index is 4.28. The van der Waals surface area contributed by atoms with E-state index in [9.17, 15) is 0 Å². The first-order chi connectivity index (χ1) is 9.98. The van der Waals surface area contributed by atoms with Crippen molar-refractivity contribution in [3.8, 4) is 0 Å². The molecule has 0 aliphatic heterocycles. The first-order valence-electron chi connectivity index (χ1n) is 8.30. The van der Waals surface area contributed by atoms with Gasteiger partial charge in [0.15, 0.2) is 0 Å². The molecule has 1 heterocycles. The van der Waals surface area contributed by atoms with E-state index in [0.717, 1.165) is 12.3 Å². The standard InChI is InChI=1S/C17H32N4/c1-14-8-10-17(11-9-14,20(3)4)16(18-2)7-6-15-12-19-21(5)13-15/h12-14,16,18H,6-11H2,1-5H3. The summed E-state index contributed by atoms with van der Waals surface area (Å²) in [5.74, 6) is 0.883. The van der Waals surface area contributed by atoms with Gasteiger partial charge >= 0.3 is 0 Å². The van der Waals surface area contributed by atoms with E-state index in [4.69, 9.17) is 0 Å². The zero-order valence-electron chi connectivity index (χ0n) is 14.4. The molecule has 21 heavy (non-hydrogen) atoms. The minimum atomic E-state index is 0.309. The molecule has 0 radical (unpaired) electrons. The highest BCUT2D eigenvalue weighted by molar-refractivity contribution is 5.07. The highest BCUT2D eigenvalue weighted by atomic mass is 15.2. The summed E-state index contributed by atoms with van der Waals surface area (Å²) in [6.07, 6.45) is 11.7. The maximum atomic E-state index is 4.28. The third-order valence-corrected chi connectivity index (χ3v) is 5.51. The molecular formula is C17H32N4. The van der Waals surface area contributed by atoms with E-state index in [2.05, 4.69) is 49.6 Å². The average Bonchev–Trinajstić information content (AvgIpc) is 2.87. The second kappa shape index (κ2) is 6.93. The number of hydrogen-bond acceptors (Lipinski definition) is 3. The molecule has 1 aromatic heterocycles. The fourth-order valence-corrected chi connectivity index (χ4v) is 3.96. The molecule has 1 aliphatic rings.